The first-order chi connectivity index (χ1) is 13.8. The number of nitrogens with zero attached hydrogens (tertiary/aromatic N) is 4. The molecule has 5 nitrogen and oxygen atoms in total. The highest BCUT2D eigenvalue weighted by Crippen LogP contribution is 2.30. The first kappa shape index (κ1) is 20.2. The zero-order chi connectivity index (χ0) is 21.1. The number of pyridine rings is 1. The predicted molar refractivity (Wildman–Crippen MR) is 110 cm³/mol. The van der Waals surface area contributed by atoms with E-state index in [-0.39, 0.29) is 17.2 Å². The Bertz CT molecular complexity index is 1170. The summed E-state index contributed by atoms with van der Waals surface area (Å²) < 4.78 is 30.2. The SMILES string of the molecule is CCC(C)/C=C(/C#N)N=C(C)c1ncn2cc(-c3c(F)ccc(N)c3F)ccc12. The van der Waals surface area contributed by atoms with E-state index < -0.39 is 11.6 Å². The minimum absolute atomic E-state index is 0.118. The lowest BCUT2D eigenvalue weighted by Gasteiger charge is -2.08. The van der Waals surface area contributed by atoms with Crippen LogP contribution < -0.4 is 5.73 Å². The fourth-order valence-corrected chi connectivity index (χ4v) is 2.98. The predicted octanol–water partition coefficient (Wildman–Crippen LogP) is 5.12. The van der Waals surface area contributed by atoms with Gasteiger partial charge in [0.25, 0.3) is 0 Å². The van der Waals surface area contributed by atoms with Gasteiger partial charge in [0.1, 0.15) is 29.6 Å². The first-order valence-electron chi connectivity index (χ1n) is 9.23. The van der Waals surface area contributed by atoms with Crippen LogP contribution in [-0.4, -0.2) is 15.1 Å². The second-order valence-corrected chi connectivity index (χ2v) is 6.88. The molecule has 0 saturated heterocycles. The number of nitrogen functional groups attached to an aromatic ring is 1. The molecule has 0 aliphatic heterocycles. The van der Waals surface area contributed by atoms with E-state index in [0.29, 0.717) is 28.2 Å². The molecule has 1 atom stereocenters. The average Bonchev–Trinajstić information content (AvgIpc) is 3.13. The maximum atomic E-state index is 14.4. The Morgan fingerprint density at radius 2 is 2.10 bits per heavy atom. The molecule has 1 unspecified atom stereocenters. The van der Waals surface area contributed by atoms with Gasteiger partial charge in [-0.15, -0.1) is 0 Å². The van der Waals surface area contributed by atoms with Gasteiger partial charge in [0.05, 0.1) is 22.5 Å². The molecule has 148 valence electrons. The molecule has 7 heteroatoms. The van der Waals surface area contributed by atoms with Gasteiger partial charge in [-0.2, -0.15) is 5.26 Å². The van der Waals surface area contributed by atoms with Crippen LogP contribution in [0.4, 0.5) is 14.5 Å². The van der Waals surface area contributed by atoms with Crippen molar-refractivity contribution in [1.29, 1.82) is 5.26 Å². The fraction of sp³-hybridized carbons (Fsp3) is 0.227. The number of allylic oxidation sites excluding steroid dienone is 2. The van der Waals surface area contributed by atoms with Gasteiger partial charge in [-0.3, -0.25) is 0 Å². The zero-order valence-electron chi connectivity index (χ0n) is 16.4. The van der Waals surface area contributed by atoms with Crippen LogP contribution in [0, 0.1) is 28.9 Å². The largest absolute Gasteiger partial charge is 0.396 e. The normalized spacial score (nSPS) is 13.5. The molecule has 2 N–H and O–H groups in total. The second kappa shape index (κ2) is 8.23. The lowest BCUT2D eigenvalue weighted by Crippen LogP contribution is -1.99. The summed E-state index contributed by atoms with van der Waals surface area (Å²) >= 11 is 0. The monoisotopic (exact) mass is 393 g/mol. The number of hydrogen-bond donors (Lipinski definition) is 1. The quantitative estimate of drug-likeness (QED) is 0.371. The van der Waals surface area contributed by atoms with E-state index in [1.807, 2.05) is 19.9 Å². The molecule has 2 aromatic heterocycles. The summed E-state index contributed by atoms with van der Waals surface area (Å²) in [6, 6.07) is 7.75. The lowest BCUT2D eigenvalue weighted by molar-refractivity contribution is 0.592. The number of benzene rings is 1. The molecule has 3 aromatic rings. The number of nitrogens with two attached hydrogens (primary N) is 1. The summed E-state index contributed by atoms with van der Waals surface area (Å²) in [5.74, 6) is -1.25. The molecule has 0 aliphatic rings. The number of imidazole rings is 1. The molecule has 0 aliphatic carbocycles. The highest BCUT2D eigenvalue weighted by atomic mass is 19.1. The third-order valence-electron chi connectivity index (χ3n) is 4.77. The summed E-state index contributed by atoms with van der Waals surface area (Å²) in [5.41, 5.74) is 7.83. The fourth-order valence-electron chi connectivity index (χ4n) is 2.98. The molecule has 0 saturated carbocycles. The average molecular weight is 393 g/mol. The Balaban J connectivity index is 2.05. The second-order valence-electron chi connectivity index (χ2n) is 6.88. The lowest BCUT2D eigenvalue weighted by atomic mass is 10.0. The number of fused-ring (bicyclic) bond motifs is 1. The maximum absolute atomic E-state index is 14.4. The van der Waals surface area contributed by atoms with Crippen LogP contribution in [0.25, 0.3) is 16.6 Å². The molecule has 3 rings (SSSR count). The summed E-state index contributed by atoms with van der Waals surface area (Å²) in [6.45, 7) is 5.83. The molecule has 0 fully saturated rings. The van der Waals surface area contributed by atoms with E-state index in [1.165, 1.54) is 6.07 Å². The highest BCUT2D eigenvalue weighted by molar-refractivity contribution is 6.03. The number of aromatic nitrogens is 2. The molecule has 0 amide bonds. The van der Waals surface area contributed by atoms with Gasteiger partial charge in [-0.1, -0.05) is 19.9 Å². The van der Waals surface area contributed by atoms with Gasteiger partial charge < -0.3 is 10.1 Å². The minimum Gasteiger partial charge on any atom is -0.396 e. The zero-order valence-corrected chi connectivity index (χ0v) is 16.4. The van der Waals surface area contributed by atoms with Crippen molar-refractivity contribution in [2.45, 2.75) is 27.2 Å². The smallest absolute Gasteiger partial charge is 0.156 e. The van der Waals surface area contributed by atoms with E-state index in [2.05, 4.69) is 16.0 Å². The van der Waals surface area contributed by atoms with Crippen molar-refractivity contribution in [1.82, 2.24) is 9.38 Å². The number of rotatable bonds is 5. The van der Waals surface area contributed by atoms with Crippen molar-refractivity contribution in [2.75, 3.05) is 5.73 Å². The molecule has 0 spiro atoms. The van der Waals surface area contributed by atoms with Crippen LogP contribution in [-0.2, 0) is 0 Å². The van der Waals surface area contributed by atoms with Crippen LogP contribution in [0.1, 0.15) is 32.9 Å². The van der Waals surface area contributed by atoms with Gasteiger partial charge in [0.2, 0.25) is 0 Å². The molecule has 0 radical (unpaired) electrons. The first-order valence-corrected chi connectivity index (χ1v) is 9.23. The Labute approximate surface area is 167 Å². The Morgan fingerprint density at radius 1 is 1.34 bits per heavy atom. The standard InChI is InChI=1S/C22H21F2N5/c1-4-13(2)9-16(10-25)28-14(3)22-19-8-5-15(11-29(19)12-27-22)20-17(23)6-7-18(26)21(20)24/h5-9,11-13H,4,26H2,1-3H3/b16-9-,28-14?. The number of nitriles is 1. The van der Waals surface area contributed by atoms with Gasteiger partial charge in [0, 0.05) is 11.8 Å². The number of halogens is 2. The topological polar surface area (TPSA) is 79.5 Å². The highest BCUT2D eigenvalue weighted by Gasteiger charge is 2.16. The van der Waals surface area contributed by atoms with E-state index in [4.69, 9.17) is 5.73 Å². The third kappa shape index (κ3) is 4.02. The van der Waals surface area contributed by atoms with Crippen LogP contribution >= 0.6 is 0 Å². The summed E-state index contributed by atoms with van der Waals surface area (Å²) in [7, 11) is 0. The Morgan fingerprint density at radius 3 is 2.79 bits per heavy atom. The summed E-state index contributed by atoms with van der Waals surface area (Å²) in [6.07, 6.45) is 5.86. The number of hydrogen-bond acceptors (Lipinski definition) is 4. The molecule has 1 aromatic carbocycles. The number of aliphatic imine (C=N–C) groups is 1. The van der Waals surface area contributed by atoms with E-state index in [1.54, 1.807) is 36.0 Å². The van der Waals surface area contributed by atoms with Crippen LogP contribution in [0.15, 0.2) is 53.6 Å². The van der Waals surface area contributed by atoms with Gasteiger partial charge in [0.15, 0.2) is 5.82 Å². The van der Waals surface area contributed by atoms with Crippen molar-refractivity contribution >= 4 is 16.9 Å². The van der Waals surface area contributed by atoms with Gasteiger partial charge in [-0.05, 0) is 43.5 Å². The Kier molecular flexibility index (Phi) is 5.74. The van der Waals surface area contributed by atoms with Crippen LogP contribution in [0.5, 0.6) is 0 Å². The van der Waals surface area contributed by atoms with E-state index in [0.717, 1.165) is 12.5 Å². The van der Waals surface area contributed by atoms with Crippen molar-refractivity contribution < 1.29 is 8.78 Å². The third-order valence-corrected chi connectivity index (χ3v) is 4.77. The summed E-state index contributed by atoms with van der Waals surface area (Å²) in [4.78, 5) is 8.76. The molecular formula is C22H21F2N5. The molecular weight excluding hydrogens is 372 g/mol. The van der Waals surface area contributed by atoms with Gasteiger partial charge in [-0.25, -0.2) is 18.8 Å². The van der Waals surface area contributed by atoms with Crippen molar-refractivity contribution in [2.24, 2.45) is 10.9 Å². The van der Waals surface area contributed by atoms with Crippen molar-refractivity contribution in [3.63, 3.8) is 0 Å². The maximum Gasteiger partial charge on any atom is 0.156 e. The van der Waals surface area contributed by atoms with Gasteiger partial charge >= 0.3 is 0 Å². The Hall–Kier alpha value is -3.53. The number of anilines is 1. The van der Waals surface area contributed by atoms with Crippen LogP contribution in [0.2, 0.25) is 0 Å². The van der Waals surface area contributed by atoms with Crippen molar-refractivity contribution in [3.05, 3.63) is 65.9 Å². The van der Waals surface area contributed by atoms with E-state index in [9.17, 15) is 14.0 Å². The van der Waals surface area contributed by atoms with E-state index >= 15 is 0 Å². The molecule has 29 heavy (non-hydrogen) atoms. The molecule has 2 heterocycles. The minimum atomic E-state index is -0.795. The summed E-state index contributed by atoms with van der Waals surface area (Å²) in [5, 5.41) is 9.33. The van der Waals surface area contributed by atoms with Crippen molar-refractivity contribution in [3.8, 4) is 17.2 Å². The molecule has 0 bridgehead atoms. The van der Waals surface area contributed by atoms with Crippen LogP contribution in [0.3, 0.4) is 0 Å².